The van der Waals surface area contributed by atoms with Crippen LogP contribution in [0.2, 0.25) is 0 Å². The van der Waals surface area contributed by atoms with Crippen LogP contribution in [0.3, 0.4) is 0 Å². The third kappa shape index (κ3) is 2.77. The number of rotatable bonds is 3. The fourth-order valence-corrected chi connectivity index (χ4v) is 4.79. The summed E-state index contributed by atoms with van der Waals surface area (Å²) in [5.41, 5.74) is 2.95. The molecule has 0 bridgehead atoms. The molecule has 1 aliphatic carbocycles. The van der Waals surface area contributed by atoms with Crippen LogP contribution in [0.5, 0.6) is 0 Å². The van der Waals surface area contributed by atoms with E-state index in [0.717, 1.165) is 0 Å². The second kappa shape index (κ2) is 5.76. The second-order valence-electron chi connectivity index (χ2n) is 5.28. The van der Waals surface area contributed by atoms with E-state index >= 15 is 0 Å². The van der Waals surface area contributed by atoms with E-state index in [1.807, 2.05) is 23.7 Å². The number of hydrogen-bond acceptors (Lipinski definition) is 2. The zero-order valence-corrected chi connectivity index (χ0v) is 13.5. The molecule has 3 heteroatoms. The fourth-order valence-electron chi connectivity index (χ4n) is 2.73. The summed E-state index contributed by atoms with van der Waals surface area (Å²) in [5, 5.41) is 0. The summed E-state index contributed by atoms with van der Waals surface area (Å²) in [6.45, 7) is 2.29. The molecule has 1 aliphatic rings. The number of aromatic nitrogens is 1. The Labute approximate surface area is 127 Å². The topological polar surface area (TPSA) is 12.9 Å². The number of hydrogen-bond donors (Lipinski definition) is 0. The number of fused-ring (bicyclic) bond motifs is 1. The minimum Gasteiger partial charge on any atom is -0.265 e. The van der Waals surface area contributed by atoms with Gasteiger partial charge in [-0.2, -0.15) is 0 Å². The Kier molecular flexibility index (Phi) is 4.04. The number of pyridine rings is 1. The van der Waals surface area contributed by atoms with Crippen molar-refractivity contribution in [3.63, 3.8) is 0 Å². The van der Waals surface area contributed by atoms with Crippen LogP contribution in [-0.2, 0) is 12.8 Å². The molecule has 0 fully saturated rings. The van der Waals surface area contributed by atoms with Crippen LogP contribution < -0.4 is 0 Å². The quantitative estimate of drug-likeness (QED) is 0.697. The van der Waals surface area contributed by atoms with Gasteiger partial charge in [0.15, 0.2) is 0 Å². The molecule has 100 valence electrons. The lowest BCUT2D eigenvalue weighted by molar-refractivity contribution is 0.696. The van der Waals surface area contributed by atoms with Gasteiger partial charge in [-0.1, -0.05) is 22.9 Å². The summed E-state index contributed by atoms with van der Waals surface area (Å²) >= 11 is 5.91. The SMILES string of the molecule is CC(c1ccncc1)C(Br)c1cc2c(s1)CCCC2. The lowest BCUT2D eigenvalue weighted by Gasteiger charge is -2.17. The normalized spacial score (nSPS) is 17.8. The highest BCUT2D eigenvalue weighted by Crippen LogP contribution is 2.43. The first-order chi connectivity index (χ1) is 9.25. The average molecular weight is 336 g/mol. The van der Waals surface area contributed by atoms with Gasteiger partial charge in [-0.3, -0.25) is 4.98 Å². The van der Waals surface area contributed by atoms with Gasteiger partial charge in [0.25, 0.3) is 0 Å². The predicted molar refractivity (Wildman–Crippen MR) is 85.3 cm³/mol. The van der Waals surface area contributed by atoms with Gasteiger partial charge in [0.05, 0.1) is 4.83 Å². The van der Waals surface area contributed by atoms with Crippen molar-refractivity contribution in [2.24, 2.45) is 0 Å². The van der Waals surface area contributed by atoms with Crippen LogP contribution in [0.15, 0.2) is 30.6 Å². The summed E-state index contributed by atoms with van der Waals surface area (Å²) in [6, 6.07) is 6.66. The first-order valence-corrected chi connectivity index (χ1v) is 8.64. The molecule has 2 aromatic rings. The Morgan fingerprint density at radius 2 is 1.95 bits per heavy atom. The molecule has 0 amide bonds. The highest BCUT2D eigenvalue weighted by molar-refractivity contribution is 9.09. The maximum Gasteiger partial charge on any atom is 0.0555 e. The fraction of sp³-hybridized carbons (Fsp3) is 0.438. The van der Waals surface area contributed by atoms with E-state index in [-0.39, 0.29) is 0 Å². The van der Waals surface area contributed by atoms with Crippen molar-refractivity contribution in [3.8, 4) is 0 Å². The Morgan fingerprint density at radius 3 is 2.68 bits per heavy atom. The largest absolute Gasteiger partial charge is 0.265 e. The minimum absolute atomic E-state index is 0.408. The minimum atomic E-state index is 0.408. The molecule has 19 heavy (non-hydrogen) atoms. The molecule has 3 rings (SSSR count). The highest BCUT2D eigenvalue weighted by Gasteiger charge is 2.22. The Balaban J connectivity index is 1.83. The zero-order chi connectivity index (χ0) is 13.2. The van der Waals surface area contributed by atoms with Crippen LogP contribution in [0.25, 0.3) is 0 Å². The summed E-state index contributed by atoms with van der Waals surface area (Å²) < 4.78 is 0. The molecule has 1 nitrogen and oxygen atoms in total. The van der Waals surface area contributed by atoms with Crippen LogP contribution >= 0.6 is 27.3 Å². The number of halogens is 1. The van der Waals surface area contributed by atoms with Gasteiger partial charge in [0.2, 0.25) is 0 Å². The van der Waals surface area contributed by atoms with Crippen molar-refractivity contribution in [2.75, 3.05) is 0 Å². The van der Waals surface area contributed by atoms with Crippen molar-refractivity contribution in [3.05, 3.63) is 51.5 Å². The third-order valence-corrected chi connectivity index (χ3v) is 6.87. The lowest BCUT2D eigenvalue weighted by atomic mass is 9.96. The van der Waals surface area contributed by atoms with Gasteiger partial charge >= 0.3 is 0 Å². The van der Waals surface area contributed by atoms with Gasteiger partial charge in [0.1, 0.15) is 0 Å². The smallest absolute Gasteiger partial charge is 0.0555 e. The van der Waals surface area contributed by atoms with Crippen molar-refractivity contribution in [2.45, 2.75) is 43.4 Å². The molecular formula is C16H18BrNS. The molecular weight excluding hydrogens is 318 g/mol. The predicted octanol–water partition coefficient (Wildman–Crippen LogP) is 5.26. The second-order valence-corrected chi connectivity index (χ2v) is 7.43. The van der Waals surface area contributed by atoms with Crippen LogP contribution in [0.4, 0.5) is 0 Å². The number of aryl methyl sites for hydroxylation is 2. The first kappa shape index (κ1) is 13.3. The molecule has 2 aromatic heterocycles. The van der Waals surface area contributed by atoms with Gasteiger partial charge in [-0.25, -0.2) is 0 Å². The molecule has 2 atom stereocenters. The monoisotopic (exact) mass is 335 g/mol. The van der Waals surface area contributed by atoms with E-state index in [2.05, 4.69) is 46.0 Å². The summed E-state index contributed by atoms with van der Waals surface area (Å²) in [6.07, 6.45) is 9.03. The van der Waals surface area contributed by atoms with Gasteiger partial charge < -0.3 is 0 Å². The molecule has 0 spiro atoms. The highest BCUT2D eigenvalue weighted by atomic mass is 79.9. The van der Waals surface area contributed by atoms with E-state index in [1.165, 1.54) is 36.1 Å². The number of alkyl halides is 1. The standard InChI is InChI=1S/C16H18BrNS/c1-11(12-6-8-18-9-7-12)16(17)15-10-13-4-2-3-5-14(13)19-15/h6-11,16H,2-5H2,1H3. The summed E-state index contributed by atoms with van der Waals surface area (Å²) in [4.78, 5) is 7.61. The molecule has 0 radical (unpaired) electrons. The Morgan fingerprint density at radius 1 is 1.21 bits per heavy atom. The van der Waals surface area contributed by atoms with E-state index in [9.17, 15) is 0 Å². The maximum atomic E-state index is 4.10. The molecule has 0 saturated carbocycles. The Bertz CT molecular complexity index is 526. The van der Waals surface area contributed by atoms with Gasteiger partial charge in [-0.05, 0) is 60.9 Å². The molecule has 0 N–H and O–H groups in total. The molecule has 2 heterocycles. The van der Waals surface area contributed by atoms with E-state index in [4.69, 9.17) is 0 Å². The third-order valence-electron chi connectivity index (χ3n) is 3.96. The maximum absolute atomic E-state index is 4.10. The average Bonchev–Trinajstić information content (AvgIpc) is 2.90. The van der Waals surface area contributed by atoms with Gasteiger partial charge in [-0.15, -0.1) is 11.3 Å². The molecule has 0 aliphatic heterocycles. The summed E-state index contributed by atoms with van der Waals surface area (Å²) in [5.74, 6) is 0.475. The van der Waals surface area contributed by atoms with E-state index < -0.39 is 0 Å². The molecule has 0 aromatic carbocycles. The first-order valence-electron chi connectivity index (χ1n) is 6.91. The van der Waals surface area contributed by atoms with Crippen molar-refractivity contribution >= 4 is 27.3 Å². The van der Waals surface area contributed by atoms with Crippen molar-refractivity contribution in [1.29, 1.82) is 0 Å². The van der Waals surface area contributed by atoms with E-state index in [0.29, 0.717) is 10.7 Å². The lowest BCUT2D eigenvalue weighted by Crippen LogP contribution is -2.00. The van der Waals surface area contributed by atoms with Gasteiger partial charge in [0, 0.05) is 22.1 Å². The van der Waals surface area contributed by atoms with Crippen molar-refractivity contribution in [1.82, 2.24) is 4.98 Å². The molecule has 2 unspecified atom stereocenters. The zero-order valence-electron chi connectivity index (χ0n) is 11.1. The van der Waals surface area contributed by atoms with Crippen LogP contribution in [-0.4, -0.2) is 4.98 Å². The van der Waals surface area contributed by atoms with Crippen LogP contribution in [0, 0.1) is 0 Å². The van der Waals surface area contributed by atoms with Crippen molar-refractivity contribution < 1.29 is 0 Å². The van der Waals surface area contributed by atoms with E-state index in [1.54, 1.807) is 10.4 Å². The summed E-state index contributed by atoms with van der Waals surface area (Å²) in [7, 11) is 0. The number of nitrogens with zero attached hydrogens (tertiary/aromatic N) is 1. The van der Waals surface area contributed by atoms with Crippen LogP contribution in [0.1, 0.15) is 51.4 Å². The number of thiophene rings is 1. The Hall–Kier alpha value is -0.670. The molecule has 0 saturated heterocycles.